The van der Waals surface area contributed by atoms with Crippen molar-refractivity contribution in [2.24, 2.45) is 0 Å². The number of hydrogen-bond donors (Lipinski definition) is 0. The maximum atomic E-state index is 12.9. The Labute approximate surface area is 446 Å². The van der Waals surface area contributed by atoms with E-state index in [2.05, 4.69) is 93.7 Å². The van der Waals surface area contributed by atoms with Gasteiger partial charge in [-0.05, 0) is 70.6 Å². The van der Waals surface area contributed by atoms with E-state index < -0.39 is 6.10 Å². The molecule has 0 aliphatic heterocycles. The highest BCUT2D eigenvalue weighted by atomic mass is 16.6. The first-order valence-corrected chi connectivity index (χ1v) is 30.9. The van der Waals surface area contributed by atoms with Gasteiger partial charge < -0.3 is 14.2 Å². The van der Waals surface area contributed by atoms with Gasteiger partial charge in [0.25, 0.3) is 0 Å². The summed E-state index contributed by atoms with van der Waals surface area (Å²) in [5, 5.41) is 0. The molecule has 0 spiro atoms. The third-order valence-corrected chi connectivity index (χ3v) is 13.5. The normalized spacial score (nSPS) is 12.5. The Balaban J connectivity index is 4.33. The lowest BCUT2D eigenvalue weighted by Crippen LogP contribution is -2.30. The van der Waals surface area contributed by atoms with E-state index in [1.807, 2.05) is 0 Å². The van der Waals surface area contributed by atoms with E-state index in [9.17, 15) is 14.4 Å². The minimum atomic E-state index is -0.783. The summed E-state index contributed by atoms with van der Waals surface area (Å²) in [6, 6.07) is 0. The Bertz CT molecular complexity index is 1340. The topological polar surface area (TPSA) is 78.9 Å². The van der Waals surface area contributed by atoms with Crippen LogP contribution in [-0.2, 0) is 28.6 Å². The maximum Gasteiger partial charge on any atom is 0.306 e. The van der Waals surface area contributed by atoms with Crippen LogP contribution in [0.5, 0.6) is 0 Å². The van der Waals surface area contributed by atoms with Gasteiger partial charge >= 0.3 is 17.9 Å². The predicted molar refractivity (Wildman–Crippen MR) is 311 cm³/mol. The van der Waals surface area contributed by atoms with E-state index in [1.165, 1.54) is 161 Å². The number of unbranched alkanes of at least 4 members (excludes halogenated alkanes) is 33. The van der Waals surface area contributed by atoms with Gasteiger partial charge in [-0.25, -0.2) is 0 Å². The van der Waals surface area contributed by atoms with Crippen LogP contribution in [0.3, 0.4) is 0 Å². The number of carbonyl (C=O) groups is 3. The molecule has 0 heterocycles. The molecular weight excluding hydrogens is 889 g/mol. The highest BCUT2D eigenvalue weighted by Gasteiger charge is 2.19. The highest BCUT2D eigenvalue weighted by molar-refractivity contribution is 5.71. The zero-order valence-electron chi connectivity index (χ0n) is 47.7. The van der Waals surface area contributed by atoms with Gasteiger partial charge in [-0.3, -0.25) is 14.4 Å². The Morgan fingerprint density at radius 2 is 0.542 bits per heavy atom. The van der Waals surface area contributed by atoms with Crippen LogP contribution in [0.4, 0.5) is 0 Å². The molecule has 0 saturated heterocycles. The van der Waals surface area contributed by atoms with Crippen LogP contribution >= 0.6 is 0 Å². The molecular formula is C66H116O6. The van der Waals surface area contributed by atoms with Gasteiger partial charge in [0.05, 0.1) is 0 Å². The molecule has 72 heavy (non-hydrogen) atoms. The predicted octanol–water partition coefficient (Wildman–Crippen LogP) is 20.9. The van der Waals surface area contributed by atoms with Crippen molar-refractivity contribution in [3.63, 3.8) is 0 Å². The van der Waals surface area contributed by atoms with Crippen LogP contribution < -0.4 is 0 Å². The molecule has 0 saturated carbocycles. The summed E-state index contributed by atoms with van der Waals surface area (Å²) in [7, 11) is 0. The first-order valence-electron chi connectivity index (χ1n) is 30.9. The molecule has 0 aromatic rings. The van der Waals surface area contributed by atoms with Crippen molar-refractivity contribution in [3.8, 4) is 0 Å². The van der Waals surface area contributed by atoms with E-state index in [0.29, 0.717) is 19.3 Å². The lowest BCUT2D eigenvalue weighted by molar-refractivity contribution is -0.167. The Morgan fingerprint density at radius 1 is 0.292 bits per heavy atom. The van der Waals surface area contributed by atoms with Crippen molar-refractivity contribution in [1.82, 2.24) is 0 Å². The fourth-order valence-electron chi connectivity index (χ4n) is 8.86. The Morgan fingerprint density at radius 3 is 0.847 bits per heavy atom. The average molecular weight is 1010 g/mol. The highest BCUT2D eigenvalue weighted by Crippen LogP contribution is 2.17. The Kier molecular flexibility index (Phi) is 57.8. The molecule has 0 bridgehead atoms. The molecule has 0 fully saturated rings. The zero-order valence-corrected chi connectivity index (χ0v) is 47.7. The van der Waals surface area contributed by atoms with E-state index in [0.717, 1.165) is 109 Å². The second-order valence-electron chi connectivity index (χ2n) is 20.6. The number of ether oxygens (including phenoxy) is 3. The summed E-state index contributed by atoms with van der Waals surface area (Å²) >= 11 is 0. The molecule has 1 atom stereocenters. The third kappa shape index (κ3) is 57.7. The number of rotatable bonds is 56. The van der Waals surface area contributed by atoms with Crippen LogP contribution in [0.25, 0.3) is 0 Å². The van der Waals surface area contributed by atoms with Gasteiger partial charge in [-0.15, -0.1) is 0 Å². The monoisotopic (exact) mass is 1000 g/mol. The van der Waals surface area contributed by atoms with E-state index in [4.69, 9.17) is 14.2 Å². The summed E-state index contributed by atoms with van der Waals surface area (Å²) in [5.74, 6) is -0.891. The van der Waals surface area contributed by atoms with Crippen LogP contribution in [0.2, 0.25) is 0 Å². The molecule has 0 aliphatic carbocycles. The zero-order chi connectivity index (χ0) is 52.2. The summed E-state index contributed by atoms with van der Waals surface area (Å²) in [6.07, 6.45) is 77.6. The lowest BCUT2D eigenvalue weighted by Gasteiger charge is -2.18. The van der Waals surface area contributed by atoms with Gasteiger partial charge in [-0.1, -0.05) is 293 Å². The number of allylic oxidation sites excluding steroid dienone is 12. The van der Waals surface area contributed by atoms with Crippen molar-refractivity contribution >= 4 is 17.9 Å². The molecule has 6 heteroatoms. The summed E-state index contributed by atoms with van der Waals surface area (Å²) in [5.41, 5.74) is 0. The lowest BCUT2D eigenvalue weighted by atomic mass is 10.0. The number of hydrogen-bond acceptors (Lipinski definition) is 6. The SMILES string of the molecule is CC/C=C\C/C=C\C/C=C\C/C=C\C/C=C\C/C=C\CCCCCCC(=O)OCC(COC(=O)CCCCCCCCCCCCC)OC(=O)CCCCCCCCCCCCCCCCCCCCCC. The summed E-state index contributed by atoms with van der Waals surface area (Å²) in [6.45, 7) is 6.54. The molecule has 0 amide bonds. The fourth-order valence-corrected chi connectivity index (χ4v) is 8.86. The number of carbonyl (C=O) groups excluding carboxylic acids is 3. The van der Waals surface area contributed by atoms with Gasteiger partial charge in [0.2, 0.25) is 0 Å². The molecule has 0 aliphatic rings. The smallest absolute Gasteiger partial charge is 0.306 e. The summed E-state index contributed by atoms with van der Waals surface area (Å²) < 4.78 is 16.9. The first kappa shape index (κ1) is 68.8. The molecule has 0 radical (unpaired) electrons. The van der Waals surface area contributed by atoms with Gasteiger partial charge in [0.15, 0.2) is 6.10 Å². The average Bonchev–Trinajstić information content (AvgIpc) is 3.38. The first-order chi connectivity index (χ1) is 35.5. The largest absolute Gasteiger partial charge is 0.462 e. The molecule has 0 N–H and O–H groups in total. The minimum absolute atomic E-state index is 0.0796. The van der Waals surface area contributed by atoms with Crippen LogP contribution in [0.1, 0.15) is 310 Å². The molecule has 0 aromatic carbocycles. The van der Waals surface area contributed by atoms with Crippen LogP contribution in [0, 0.1) is 0 Å². The third-order valence-electron chi connectivity index (χ3n) is 13.5. The van der Waals surface area contributed by atoms with Gasteiger partial charge in [0, 0.05) is 19.3 Å². The molecule has 416 valence electrons. The van der Waals surface area contributed by atoms with Gasteiger partial charge in [-0.2, -0.15) is 0 Å². The molecule has 6 nitrogen and oxygen atoms in total. The van der Waals surface area contributed by atoms with Crippen molar-refractivity contribution in [3.05, 3.63) is 72.9 Å². The quantitative estimate of drug-likeness (QED) is 0.0261. The Hall–Kier alpha value is -3.15. The minimum Gasteiger partial charge on any atom is -0.462 e. The van der Waals surface area contributed by atoms with Crippen LogP contribution in [-0.4, -0.2) is 37.2 Å². The second-order valence-corrected chi connectivity index (χ2v) is 20.6. The van der Waals surface area contributed by atoms with E-state index in [-0.39, 0.29) is 31.1 Å². The van der Waals surface area contributed by atoms with Crippen molar-refractivity contribution < 1.29 is 28.6 Å². The second kappa shape index (κ2) is 60.4. The van der Waals surface area contributed by atoms with Crippen molar-refractivity contribution in [2.75, 3.05) is 13.2 Å². The van der Waals surface area contributed by atoms with Crippen molar-refractivity contribution in [2.45, 2.75) is 316 Å². The maximum absolute atomic E-state index is 12.9. The fraction of sp³-hybridized carbons (Fsp3) is 0.773. The standard InChI is InChI=1S/C66H116O6/c1-4-7-10-13-16-19-22-24-26-28-30-32-33-34-36-37-39-41-44-47-50-53-56-59-65(68)71-62-63(61-70-64(67)58-55-52-49-46-43-21-18-15-12-9-6-3)72-66(69)60-57-54-51-48-45-42-40-38-35-31-29-27-25-23-20-17-14-11-8-5-2/h7,10,16,19,24,26,30,32,34,36,39,41,63H,4-6,8-9,11-15,17-18,20-23,25,27-29,31,33,35,37-38,40,42-62H2,1-3H3/b10-7-,19-16-,26-24-,32-30-,36-34-,41-39-. The van der Waals surface area contributed by atoms with Crippen molar-refractivity contribution in [1.29, 1.82) is 0 Å². The molecule has 1 unspecified atom stereocenters. The number of esters is 3. The summed E-state index contributed by atoms with van der Waals surface area (Å²) in [4.78, 5) is 38.2. The molecule has 0 rings (SSSR count). The van der Waals surface area contributed by atoms with Gasteiger partial charge in [0.1, 0.15) is 13.2 Å². The molecule has 0 aromatic heterocycles. The van der Waals surface area contributed by atoms with E-state index in [1.54, 1.807) is 0 Å². The van der Waals surface area contributed by atoms with Crippen LogP contribution in [0.15, 0.2) is 72.9 Å². The van der Waals surface area contributed by atoms with E-state index >= 15 is 0 Å².